The largest absolute Gasteiger partial charge is 0.389 e. The first-order valence-corrected chi connectivity index (χ1v) is 4.96. The third kappa shape index (κ3) is 3.49. The van der Waals surface area contributed by atoms with Gasteiger partial charge in [-0.1, -0.05) is 11.6 Å². The molecule has 0 heterocycles. The average molecular weight is 184 g/mol. The quantitative estimate of drug-likeness (QED) is 0.679. The van der Waals surface area contributed by atoms with Gasteiger partial charge in [0.2, 0.25) is 0 Å². The Morgan fingerprint density at radius 2 is 2.31 bits per heavy atom. The van der Waals surface area contributed by atoms with Gasteiger partial charge in [0.1, 0.15) is 0 Å². The normalized spacial score (nSPS) is 23.4. The Kier molecular flexibility index (Phi) is 3.51. The molecule has 1 unspecified atom stereocenters. The predicted octanol–water partition coefficient (Wildman–Crippen LogP) is 2.27. The zero-order chi connectivity index (χ0) is 9.90. The van der Waals surface area contributed by atoms with Crippen molar-refractivity contribution >= 4 is 0 Å². The molecule has 0 spiro atoms. The van der Waals surface area contributed by atoms with Gasteiger partial charge >= 0.3 is 0 Å². The number of aliphatic hydroxyl groups excluding tert-OH is 1. The second-order valence-electron chi connectivity index (χ2n) is 4.39. The van der Waals surface area contributed by atoms with E-state index in [1.165, 1.54) is 5.57 Å². The molecule has 1 aliphatic rings. The summed E-state index contributed by atoms with van der Waals surface area (Å²) in [5.41, 5.74) is 1.35. The summed E-state index contributed by atoms with van der Waals surface area (Å²) in [6.45, 7) is 4.19. The third-order valence-corrected chi connectivity index (χ3v) is 2.79. The van der Waals surface area contributed by atoms with Crippen LogP contribution in [0, 0.1) is 0 Å². The van der Waals surface area contributed by atoms with Crippen molar-refractivity contribution in [2.75, 3.05) is 7.11 Å². The second-order valence-corrected chi connectivity index (χ2v) is 4.39. The summed E-state index contributed by atoms with van der Waals surface area (Å²) in [5, 5.41) is 9.28. The number of hydrogen-bond donors (Lipinski definition) is 1. The first-order valence-electron chi connectivity index (χ1n) is 4.96. The Morgan fingerprint density at radius 1 is 1.62 bits per heavy atom. The van der Waals surface area contributed by atoms with E-state index in [-0.39, 0.29) is 11.7 Å². The predicted molar refractivity (Wildman–Crippen MR) is 53.6 cm³/mol. The Bertz CT molecular complexity index is 194. The van der Waals surface area contributed by atoms with Gasteiger partial charge in [-0.15, -0.1) is 0 Å². The van der Waals surface area contributed by atoms with Crippen molar-refractivity contribution in [2.45, 2.75) is 51.2 Å². The van der Waals surface area contributed by atoms with Crippen LogP contribution in [0.5, 0.6) is 0 Å². The van der Waals surface area contributed by atoms with Gasteiger partial charge in [-0.05, 0) is 39.5 Å². The van der Waals surface area contributed by atoms with Crippen LogP contribution >= 0.6 is 0 Å². The summed E-state index contributed by atoms with van der Waals surface area (Å²) in [7, 11) is 1.75. The molecular weight excluding hydrogens is 164 g/mol. The van der Waals surface area contributed by atoms with E-state index in [0.29, 0.717) is 0 Å². The van der Waals surface area contributed by atoms with Gasteiger partial charge in [0.05, 0.1) is 11.7 Å². The van der Waals surface area contributed by atoms with E-state index in [9.17, 15) is 5.11 Å². The lowest BCUT2D eigenvalue weighted by Crippen LogP contribution is -2.22. The zero-order valence-corrected chi connectivity index (χ0v) is 8.84. The molecule has 1 N–H and O–H groups in total. The SMILES string of the molecule is COC(C)(C)CCC1=CC(O)CC1. The van der Waals surface area contributed by atoms with Crippen molar-refractivity contribution < 1.29 is 9.84 Å². The molecule has 1 atom stereocenters. The number of rotatable bonds is 4. The number of aliphatic hydroxyl groups is 1. The molecule has 0 aliphatic heterocycles. The van der Waals surface area contributed by atoms with Crippen LogP contribution in [0.15, 0.2) is 11.6 Å². The van der Waals surface area contributed by atoms with Crippen LogP contribution in [0.2, 0.25) is 0 Å². The first kappa shape index (κ1) is 10.7. The fourth-order valence-corrected chi connectivity index (χ4v) is 1.54. The van der Waals surface area contributed by atoms with Crippen molar-refractivity contribution in [2.24, 2.45) is 0 Å². The van der Waals surface area contributed by atoms with Crippen LogP contribution in [0.1, 0.15) is 39.5 Å². The minimum absolute atomic E-state index is 0.0334. The number of ether oxygens (including phenoxy) is 1. The molecule has 0 saturated carbocycles. The first-order chi connectivity index (χ1) is 6.03. The van der Waals surface area contributed by atoms with Crippen LogP contribution < -0.4 is 0 Å². The average Bonchev–Trinajstić information content (AvgIpc) is 2.48. The molecule has 0 radical (unpaired) electrons. The summed E-state index contributed by atoms with van der Waals surface area (Å²) in [4.78, 5) is 0. The summed E-state index contributed by atoms with van der Waals surface area (Å²) < 4.78 is 5.33. The molecule has 0 bridgehead atoms. The second kappa shape index (κ2) is 4.25. The van der Waals surface area contributed by atoms with Crippen molar-refractivity contribution in [3.8, 4) is 0 Å². The van der Waals surface area contributed by atoms with Crippen molar-refractivity contribution in [1.29, 1.82) is 0 Å². The lowest BCUT2D eigenvalue weighted by molar-refractivity contribution is 0.0157. The minimum Gasteiger partial charge on any atom is -0.389 e. The summed E-state index contributed by atoms with van der Waals surface area (Å²) in [6, 6.07) is 0. The lowest BCUT2D eigenvalue weighted by Gasteiger charge is -2.22. The molecular formula is C11H20O2. The molecule has 1 aliphatic carbocycles. The number of methoxy groups -OCH3 is 1. The van der Waals surface area contributed by atoms with E-state index < -0.39 is 0 Å². The molecule has 0 aromatic heterocycles. The van der Waals surface area contributed by atoms with Gasteiger partial charge in [-0.25, -0.2) is 0 Å². The zero-order valence-electron chi connectivity index (χ0n) is 8.84. The van der Waals surface area contributed by atoms with E-state index in [1.54, 1.807) is 7.11 Å². The van der Waals surface area contributed by atoms with Gasteiger partial charge in [-0.2, -0.15) is 0 Å². The van der Waals surface area contributed by atoms with Gasteiger partial charge in [0.15, 0.2) is 0 Å². The van der Waals surface area contributed by atoms with Crippen LogP contribution in [0.4, 0.5) is 0 Å². The monoisotopic (exact) mass is 184 g/mol. The molecule has 0 amide bonds. The molecule has 0 aromatic rings. The molecule has 76 valence electrons. The number of allylic oxidation sites excluding steroid dienone is 1. The van der Waals surface area contributed by atoms with Gasteiger partial charge in [-0.3, -0.25) is 0 Å². The molecule has 0 aromatic carbocycles. The molecule has 13 heavy (non-hydrogen) atoms. The fraction of sp³-hybridized carbons (Fsp3) is 0.818. The Morgan fingerprint density at radius 3 is 2.77 bits per heavy atom. The van der Waals surface area contributed by atoms with Crippen molar-refractivity contribution in [1.82, 2.24) is 0 Å². The Hall–Kier alpha value is -0.340. The van der Waals surface area contributed by atoms with Crippen LogP contribution in [-0.4, -0.2) is 23.9 Å². The van der Waals surface area contributed by atoms with Gasteiger partial charge < -0.3 is 9.84 Å². The molecule has 0 fully saturated rings. The lowest BCUT2D eigenvalue weighted by atomic mass is 9.98. The molecule has 2 heteroatoms. The highest BCUT2D eigenvalue weighted by molar-refractivity contribution is 5.12. The highest BCUT2D eigenvalue weighted by Crippen LogP contribution is 2.26. The Labute approximate surface area is 80.6 Å². The van der Waals surface area contributed by atoms with Crippen molar-refractivity contribution in [3.05, 3.63) is 11.6 Å². The van der Waals surface area contributed by atoms with Crippen LogP contribution in [-0.2, 0) is 4.74 Å². The standard InChI is InChI=1S/C11H20O2/c1-11(2,13-3)7-6-9-4-5-10(12)8-9/h8,10,12H,4-7H2,1-3H3. The number of hydrogen-bond acceptors (Lipinski definition) is 2. The van der Waals surface area contributed by atoms with E-state index in [4.69, 9.17) is 4.74 Å². The highest BCUT2D eigenvalue weighted by atomic mass is 16.5. The van der Waals surface area contributed by atoms with Crippen molar-refractivity contribution in [3.63, 3.8) is 0 Å². The minimum atomic E-state index is -0.194. The van der Waals surface area contributed by atoms with Gasteiger partial charge in [0.25, 0.3) is 0 Å². The van der Waals surface area contributed by atoms with Gasteiger partial charge in [0, 0.05) is 7.11 Å². The van der Waals surface area contributed by atoms with E-state index in [1.807, 2.05) is 6.08 Å². The molecule has 0 saturated heterocycles. The topological polar surface area (TPSA) is 29.5 Å². The fourth-order valence-electron chi connectivity index (χ4n) is 1.54. The Balaban J connectivity index is 2.31. The maximum atomic E-state index is 9.28. The maximum Gasteiger partial charge on any atom is 0.0726 e. The van der Waals surface area contributed by atoms with Crippen LogP contribution in [0.25, 0.3) is 0 Å². The van der Waals surface area contributed by atoms with Crippen LogP contribution in [0.3, 0.4) is 0 Å². The summed E-state index contributed by atoms with van der Waals surface area (Å²) in [5.74, 6) is 0. The summed E-state index contributed by atoms with van der Waals surface area (Å²) >= 11 is 0. The summed E-state index contributed by atoms with van der Waals surface area (Å²) in [6.07, 6.45) is 5.84. The highest BCUT2D eigenvalue weighted by Gasteiger charge is 2.19. The third-order valence-electron chi connectivity index (χ3n) is 2.79. The molecule has 1 rings (SSSR count). The van der Waals surface area contributed by atoms with E-state index >= 15 is 0 Å². The molecule has 2 nitrogen and oxygen atoms in total. The van der Waals surface area contributed by atoms with E-state index in [0.717, 1.165) is 25.7 Å². The maximum absolute atomic E-state index is 9.28. The smallest absolute Gasteiger partial charge is 0.0726 e. The van der Waals surface area contributed by atoms with E-state index in [2.05, 4.69) is 13.8 Å².